The fraction of sp³-hybridized carbons (Fsp3) is 0.353. The third kappa shape index (κ3) is 2.94. The van der Waals surface area contributed by atoms with Crippen LogP contribution in [0.2, 0.25) is 0 Å². The summed E-state index contributed by atoms with van der Waals surface area (Å²) in [6.45, 7) is 2.49. The Bertz CT molecular complexity index is 844. The van der Waals surface area contributed by atoms with E-state index in [2.05, 4.69) is 20.6 Å². The van der Waals surface area contributed by atoms with Gasteiger partial charge in [-0.2, -0.15) is 4.52 Å². The van der Waals surface area contributed by atoms with Gasteiger partial charge in [-0.15, -0.1) is 15.3 Å². The highest BCUT2D eigenvalue weighted by Crippen LogP contribution is 2.21. The highest BCUT2D eigenvalue weighted by molar-refractivity contribution is 5.60. The van der Waals surface area contributed by atoms with Crippen LogP contribution in [0.5, 0.6) is 0 Å². The van der Waals surface area contributed by atoms with E-state index in [9.17, 15) is 4.39 Å². The van der Waals surface area contributed by atoms with E-state index in [1.807, 2.05) is 12.1 Å². The van der Waals surface area contributed by atoms with Crippen LogP contribution in [0.4, 0.5) is 10.2 Å². The molecule has 7 heteroatoms. The molecule has 2 aromatic heterocycles. The minimum Gasteiger partial charge on any atom is -0.381 e. The Kier molecular flexibility index (Phi) is 4.08. The van der Waals surface area contributed by atoms with Crippen molar-refractivity contribution >= 4 is 11.5 Å². The zero-order valence-electron chi connectivity index (χ0n) is 13.2. The normalized spacial score (nSPS) is 15.7. The smallest absolute Gasteiger partial charge is 0.188 e. The van der Waals surface area contributed by atoms with Gasteiger partial charge in [-0.25, -0.2) is 4.39 Å². The van der Waals surface area contributed by atoms with E-state index in [0.29, 0.717) is 23.0 Å². The summed E-state index contributed by atoms with van der Waals surface area (Å²) in [6.07, 6.45) is 2.12. The van der Waals surface area contributed by atoms with Gasteiger partial charge in [-0.05, 0) is 43.0 Å². The van der Waals surface area contributed by atoms with Crippen molar-refractivity contribution in [3.8, 4) is 11.4 Å². The highest BCUT2D eigenvalue weighted by Gasteiger charge is 2.15. The Hall–Kier alpha value is -2.54. The lowest BCUT2D eigenvalue weighted by molar-refractivity contribution is 0.0699. The van der Waals surface area contributed by atoms with Crippen LogP contribution in [0.1, 0.15) is 12.8 Å². The van der Waals surface area contributed by atoms with Crippen molar-refractivity contribution in [2.75, 3.05) is 25.1 Å². The van der Waals surface area contributed by atoms with Crippen molar-refractivity contribution in [2.45, 2.75) is 12.8 Å². The number of hydrogen-bond acceptors (Lipinski definition) is 5. The molecule has 1 fully saturated rings. The SMILES string of the molecule is Fc1ccccc1-c1nnc2ccc(NCC3CCOCC3)nn12. The van der Waals surface area contributed by atoms with Crippen LogP contribution in [0.15, 0.2) is 36.4 Å². The van der Waals surface area contributed by atoms with Crippen LogP contribution < -0.4 is 5.32 Å². The first-order chi connectivity index (χ1) is 11.8. The first-order valence-electron chi connectivity index (χ1n) is 8.10. The molecule has 0 radical (unpaired) electrons. The van der Waals surface area contributed by atoms with Crippen LogP contribution in [-0.4, -0.2) is 39.6 Å². The van der Waals surface area contributed by atoms with Gasteiger partial charge < -0.3 is 10.1 Å². The number of nitrogens with zero attached hydrogens (tertiary/aromatic N) is 4. The van der Waals surface area contributed by atoms with Crippen molar-refractivity contribution in [1.29, 1.82) is 0 Å². The number of anilines is 1. The maximum atomic E-state index is 14.0. The Morgan fingerprint density at radius 2 is 1.96 bits per heavy atom. The van der Waals surface area contributed by atoms with Crippen molar-refractivity contribution in [3.05, 3.63) is 42.2 Å². The highest BCUT2D eigenvalue weighted by atomic mass is 19.1. The van der Waals surface area contributed by atoms with E-state index >= 15 is 0 Å². The minimum absolute atomic E-state index is 0.339. The largest absolute Gasteiger partial charge is 0.381 e. The second-order valence-electron chi connectivity index (χ2n) is 5.93. The number of hydrogen-bond donors (Lipinski definition) is 1. The number of ether oxygens (including phenoxy) is 1. The van der Waals surface area contributed by atoms with Gasteiger partial charge in [0, 0.05) is 19.8 Å². The summed E-state index contributed by atoms with van der Waals surface area (Å²) in [5, 5.41) is 16.0. The minimum atomic E-state index is -0.339. The molecule has 0 spiro atoms. The monoisotopic (exact) mass is 327 g/mol. The lowest BCUT2D eigenvalue weighted by Crippen LogP contribution is -2.23. The Morgan fingerprint density at radius 1 is 1.12 bits per heavy atom. The predicted molar refractivity (Wildman–Crippen MR) is 88.2 cm³/mol. The maximum Gasteiger partial charge on any atom is 0.188 e. The average molecular weight is 327 g/mol. The van der Waals surface area contributed by atoms with Crippen LogP contribution in [-0.2, 0) is 4.74 Å². The molecule has 0 saturated carbocycles. The average Bonchev–Trinajstić information content (AvgIpc) is 3.04. The fourth-order valence-corrected chi connectivity index (χ4v) is 2.89. The van der Waals surface area contributed by atoms with Crippen molar-refractivity contribution < 1.29 is 9.13 Å². The molecule has 3 aromatic rings. The molecule has 24 heavy (non-hydrogen) atoms. The second kappa shape index (κ2) is 6.52. The summed E-state index contributed by atoms with van der Waals surface area (Å²) >= 11 is 0. The molecule has 0 bridgehead atoms. The Morgan fingerprint density at radius 3 is 2.79 bits per heavy atom. The van der Waals surface area contributed by atoms with Crippen LogP contribution in [0, 0.1) is 11.7 Å². The summed E-state index contributed by atoms with van der Waals surface area (Å²) in [4.78, 5) is 0. The molecule has 3 heterocycles. The van der Waals surface area contributed by atoms with E-state index in [4.69, 9.17) is 4.74 Å². The van der Waals surface area contributed by atoms with Crippen LogP contribution in [0.25, 0.3) is 17.0 Å². The number of halogens is 1. The Labute approximate surface area is 138 Å². The van der Waals surface area contributed by atoms with E-state index < -0.39 is 0 Å². The standard InChI is InChI=1S/C17H18FN5O/c18-14-4-2-1-3-13(14)17-21-20-16-6-5-15(22-23(16)17)19-11-12-7-9-24-10-8-12/h1-6,12H,7-11H2,(H,19,22). The molecular formula is C17H18FN5O. The van der Waals surface area contributed by atoms with Gasteiger partial charge >= 0.3 is 0 Å². The van der Waals surface area contributed by atoms with Crippen molar-refractivity contribution in [2.24, 2.45) is 5.92 Å². The van der Waals surface area contributed by atoms with E-state index in [-0.39, 0.29) is 5.82 Å². The molecule has 1 aromatic carbocycles. The molecule has 1 saturated heterocycles. The molecular weight excluding hydrogens is 309 g/mol. The van der Waals surface area contributed by atoms with Crippen LogP contribution in [0.3, 0.4) is 0 Å². The summed E-state index contributed by atoms with van der Waals surface area (Å²) in [5.74, 6) is 1.38. The number of nitrogens with one attached hydrogen (secondary N) is 1. The first kappa shape index (κ1) is 15.0. The molecule has 0 atom stereocenters. The van der Waals surface area contributed by atoms with Crippen molar-refractivity contribution in [1.82, 2.24) is 19.8 Å². The lowest BCUT2D eigenvalue weighted by Gasteiger charge is -2.22. The first-order valence-corrected chi connectivity index (χ1v) is 8.10. The molecule has 0 unspecified atom stereocenters. The van der Waals surface area contributed by atoms with Gasteiger partial charge in [0.2, 0.25) is 0 Å². The molecule has 0 aliphatic carbocycles. The third-order valence-electron chi connectivity index (χ3n) is 4.29. The van der Waals surface area contributed by atoms with Gasteiger partial charge in [0.15, 0.2) is 11.5 Å². The van der Waals surface area contributed by atoms with Gasteiger partial charge in [-0.1, -0.05) is 12.1 Å². The van der Waals surface area contributed by atoms with Gasteiger partial charge in [0.25, 0.3) is 0 Å². The van der Waals surface area contributed by atoms with E-state index in [0.717, 1.165) is 38.4 Å². The number of rotatable bonds is 4. The Balaban J connectivity index is 1.60. The fourth-order valence-electron chi connectivity index (χ4n) is 2.89. The summed E-state index contributed by atoms with van der Waals surface area (Å²) in [7, 11) is 0. The number of fused-ring (bicyclic) bond motifs is 1. The zero-order chi connectivity index (χ0) is 16.4. The molecule has 4 rings (SSSR count). The molecule has 6 nitrogen and oxygen atoms in total. The molecule has 0 amide bonds. The van der Waals surface area contributed by atoms with E-state index in [1.54, 1.807) is 22.7 Å². The zero-order valence-corrected chi connectivity index (χ0v) is 13.2. The summed E-state index contributed by atoms with van der Waals surface area (Å²) in [5.41, 5.74) is 0.976. The second-order valence-corrected chi connectivity index (χ2v) is 5.93. The quantitative estimate of drug-likeness (QED) is 0.798. The molecule has 124 valence electrons. The lowest BCUT2D eigenvalue weighted by atomic mass is 10.0. The topological polar surface area (TPSA) is 64.3 Å². The summed E-state index contributed by atoms with van der Waals surface area (Å²) in [6, 6.07) is 10.2. The number of benzene rings is 1. The predicted octanol–water partition coefficient (Wildman–Crippen LogP) is 2.77. The maximum absolute atomic E-state index is 14.0. The van der Waals surface area contributed by atoms with Crippen LogP contribution >= 0.6 is 0 Å². The molecule has 1 aliphatic rings. The van der Waals surface area contributed by atoms with E-state index in [1.165, 1.54) is 6.07 Å². The molecule has 1 N–H and O–H groups in total. The summed E-state index contributed by atoms with van der Waals surface area (Å²) < 4.78 is 21.0. The van der Waals surface area contributed by atoms with Gasteiger partial charge in [-0.3, -0.25) is 0 Å². The third-order valence-corrected chi connectivity index (χ3v) is 4.29. The molecule has 1 aliphatic heterocycles. The van der Waals surface area contributed by atoms with Gasteiger partial charge in [0.1, 0.15) is 11.6 Å². The van der Waals surface area contributed by atoms with Gasteiger partial charge in [0.05, 0.1) is 5.56 Å². The number of aromatic nitrogens is 4. The van der Waals surface area contributed by atoms with Crippen molar-refractivity contribution in [3.63, 3.8) is 0 Å².